The molecule has 0 aliphatic carbocycles. The van der Waals surface area contributed by atoms with E-state index in [1.54, 1.807) is 0 Å². The third kappa shape index (κ3) is 6.70. The van der Waals surface area contributed by atoms with E-state index in [9.17, 15) is 49.4 Å². The highest BCUT2D eigenvalue weighted by Gasteiger charge is 2.39. The number of anilines is 2. The number of aryl methyl sites for hydroxylation is 2. The highest BCUT2D eigenvalue weighted by molar-refractivity contribution is 5.75. The van der Waals surface area contributed by atoms with Crippen LogP contribution in [-0.2, 0) is 36.9 Å². The lowest BCUT2D eigenvalue weighted by Crippen LogP contribution is -2.32. The first-order chi connectivity index (χ1) is 19.3. The fraction of sp³-hybridized carbons (Fsp3) is 0.440. The van der Waals surface area contributed by atoms with Crippen LogP contribution >= 0.6 is 0 Å². The SMILES string of the molecule is Cc1cc2c(cc1C(F)(F)F)N(CC(=O)O)CCCC2N(Cc1cc(C(F)(F)F)cc(C(F)(F)F)c1)c1nnn(C)n1. The van der Waals surface area contributed by atoms with Crippen LogP contribution in [0, 0.1) is 6.92 Å². The highest BCUT2D eigenvalue weighted by Crippen LogP contribution is 2.44. The van der Waals surface area contributed by atoms with Gasteiger partial charge in [-0.2, -0.15) is 44.3 Å². The fourth-order valence-corrected chi connectivity index (χ4v) is 4.98. The van der Waals surface area contributed by atoms with Gasteiger partial charge in [0.05, 0.1) is 29.8 Å². The molecule has 8 nitrogen and oxygen atoms in total. The van der Waals surface area contributed by atoms with Crippen molar-refractivity contribution in [2.45, 2.75) is 50.9 Å². The third-order valence-corrected chi connectivity index (χ3v) is 6.74. The molecule has 1 aliphatic heterocycles. The number of carboxylic acids is 1. The monoisotopic (exact) mass is 610 g/mol. The first-order valence-electron chi connectivity index (χ1n) is 12.3. The number of nitrogens with zero attached hydrogens (tertiary/aromatic N) is 6. The Morgan fingerprint density at radius 1 is 0.976 bits per heavy atom. The van der Waals surface area contributed by atoms with Gasteiger partial charge in [0.1, 0.15) is 6.54 Å². The molecular weight excluding hydrogens is 587 g/mol. The van der Waals surface area contributed by atoms with E-state index >= 15 is 0 Å². The van der Waals surface area contributed by atoms with Gasteiger partial charge in [-0.25, -0.2) is 0 Å². The zero-order valence-electron chi connectivity index (χ0n) is 21.9. The number of halogens is 9. The van der Waals surface area contributed by atoms with Gasteiger partial charge in [-0.05, 0) is 65.9 Å². The van der Waals surface area contributed by atoms with E-state index in [4.69, 9.17) is 0 Å². The Balaban J connectivity index is 1.91. The van der Waals surface area contributed by atoms with Gasteiger partial charge >= 0.3 is 24.5 Å². The molecule has 0 bridgehead atoms. The van der Waals surface area contributed by atoms with Crippen molar-refractivity contribution in [3.05, 3.63) is 63.7 Å². The van der Waals surface area contributed by atoms with Gasteiger partial charge in [-0.15, -0.1) is 5.10 Å². The second kappa shape index (κ2) is 11.0. The molecule has 1 aliphatic rings. The van der Waals surface area contributed by atoms with Crippen LogP contribution in [0.4, 0.5) is 51.1 Å². The standard InChI is InChI=1S/C25H23F9N6O2/c1-13-6-17-19(4-3-5-39(12-21(41)42)20(17)10-18(13)25(32,33)34)40(22-35-37-38(2)36-22)11-14-7-15(23(26,27)28)9-16(8-14)24(29,30)31/h6-10,19H,3-5,11-12H2,1-2H3,(H,41,42). The van der Waals surface area contributed by atoms with Crippen molar-refractivity contribution in [1.29, 1.82) is 0 Å². The van der Waals surface area contributed by atoms with Crippen molar-refractivity contribution in [3.63, 3.8) is 0 Å². The number of aliphatic carboxylic acids is 1. The summed E-state index contributed by atoms with van der Waals surface area (Å²) in [5.41, 5.74) is -4.65. The Morgan fingerprint density at radius 3 is 2.10 bits per heavy atom. The van der Waals surface area contributed by atoms with Gasteiger partial charge in [0.25, 0.3) is 5.95 Å². The van der Waals surface area contributed by atoms with E-state index in [1.807, 2.05) is 0 Å². The zero-order chi connectivity index (χ0) is 31.2. The molecule has 0 radical (unpaired) electrons. The molecule has 1 atom stereocenters. The van der Waals surface area contributed by atoms with E-state index in [0.717, 1.165) is 10.9 Å². The van der Waals surface area contributed by atoms with Gasteiger partial charge < -0.3 is 14.9 Å². The maximum Gasteiger partial charge on any atom is 0.416 e. The number of benzene rings is 2. The normalized spacial score (nSPS) is 16.3. The van der Waals surface area contributed by atoms with E-state index in [-0.39, 0.29) is 48.2 Å². The van der Waals surface area contributed by atoms with Crippen LogP contribution in [0.5, 0.6) is 0 Å². The Hall–Kier alpha value is -4.05. The number of hydrogen-bond donors (Lipinski definition) is 1. The molecule has 17 heteroatoms. The summed E-state index contributed by atoms with van der Waals surface area (Å²) in [7, 11) is 1.37. The second-order valence-corrected chi connectivity index (χ2v) is 9.82. The average Bonchev–Trinajstić information content (AvgIpc) is 3.21. The maximum absolute atomic E-state index is 13.8. The summed E-state index contributed by atoms with van der Waals surface area (Å²) in [6, 6.07) is 2.10. The lowest BCUT2D eigenvalue weighted by molar-refractivity contribution is -0.143. The van der Waals surface area contributed by atoms with E-state index in [0.29, 0.717) is 12.1 Å². The molecule has 0 saturated carbocycles. The van der Waals surface area contributed by atoms with Crippen LogP contribution in [0.2, 0.25) is 0 Å². The predicted molar refractivity (Wildman–Crippen MR) is 129 cm³/mol. The minimum absolute atomic E-state index is 0.0127. The van der Waals surface area contributed by atoms with Crippen LogP contribution in [0.3, 0.4) is 0 Å². The van der Waals surface area contributed by atoms with Gasteiger partial charge in [0.2, 0.25) is 0 Å². The van der Waals surface area contributed by atoms with Crippen molar-refractivity contribution in [2.75, 3.05) is 22.9 Å². The molecule has 0 saturated heterocycles. The lowest BCUT2D eigenvalue weighted by atomic mass is 9.94. The van der Waals surface area contributed by atoms with Gasteiger partial charge in [-0.1, -0.05) is 11.2 Å². The molecule has 0 spiro atoms. The summed E-state index contributed by atoms with van der Waals surface area (Å²) >= 11 is 0. The maximum atomic E-state index is 13.8. The Kier molecular flexibility index (Phi) is 8.08. The topological polar surface area (TPSA) is 87.4 Å². The molecule has 1 aromatic heterocycles. The van der Waals surface area contributed by atoms with Gasteiger partial charge in [0, 0.05) is 18.8 Å². The molecule has 42 heavy (non-hydrogen) atoms. The van der Waals surface area contributed by atoms with Gasteiger partial charge in [0.15, 0.2) is 0 Å². The highest BCUT2D eigenvalue weighted by atomic mass is 19.4. The van der Waals surface area contributed by atoms with Crippen molar-refractivity contribution in [1.82, 2.24) is 20.2 Å². The fourth-order valence-electron chi connectivity index (χ4n) is 4.98. The van der Waals surface area contributed by atoms with Crippen molar-refractivity contribution >= 4 is 17.6 Å². The summed E-state index contributed by atoms with van der Waals surface area (Å²) in [5, 5.41) is 21.1. The number of tetrazole rings is 1. The van der Waals surface area contributed by atoms with Crippen molar-refractivity contribution < 1.29 is 49.4 Å². The number of carbonyl (C=O) groups is 1. The minimum Gasteiger partial charge on any atom is -0.480 e. The number of rotatable bonds is 6. The minimum atomic E-state index is -5.11. The first kappa shape index (κ1) is 30.9. The molecule has 2 aromatic carbocycles. The summed E-state index contributed by atoms with van der Waals surface area (Å²) in [4.78, 5) is 15.1. The summed E-state index contributed by atoms with van der Waals surface area (Å²) in [6.07, 6.45) is -14.7. The molecular formula is C25H23F9N6O2. The summed E-state index contributed by atoms with van der Waals surface area (Å²) < 4.78 is 123. The third-order valence-electron chi connectivity index (χ3n) is 6.74. The van der Waals surface area contributed by atoms with Crippen LogP contribution in [0.25, 0.3) is 0 Å². The predicted octanol–water partition coefficient (Wildman–Crippen LogP) is 6.01. The zero-order valence-corrected chi connectivity index (χ0v) is 21.9. The van der Waals surface area contributed by atoms with Gasteiger partial charge in [-0.3, -0.25) is 4.79 Å². The smallest absolute Gasteiger partial charge is 0.416 e. The average molecular weight is 610 g/mol. The van der Waals surface area contributed by atoms with E-state index in [2.05, 4.69) is 15.4 Å². The quantitative estimate of drug-likeness (QED) is 0.343. The summed E-state index contributed by atoms with van der Waals surface area (Å²) in [6.45, 7) is -0.0482. The van der Waals surface area contributed by atoms with Crippen LogP contribution < -0.4 is 9.80 Å². The lowest BCUT2D eigenvalue weighted by Gasteiger charge is -2.33. The van der Waals surface area contributed by atoms with Crippen LogP contribution in [-0.4, -0.2) is 44.4 Å². The Bertz CT molecular complexity index is 1430. The van der Waals surface area contributed by atoms with Crippen LogP contribution in [0.1, 0.15) is 52.3 Å². The molecule has 0 amide bonds. The second-order valence-electron chi connectivity index (χ2n) is 9.82. The van der Waals surface area contributed by atoms with Crippen LogP contribution in [0.15, 0.2) is 30.3 Å². The number of aromatic nitrogens is 4. The largest absolute Gasteiger partial charge is 0.480 e. The molecule has 2 heterocycles. The number of fused-ring (bicyclic) bond motifs is 1. The Labute approximate surface area is 232 Å². The first-order valence-corrected chi connectivity index (χ1v) is 12.3. The molecule has 0 fully saturated rings. The van der Waals surface area contributed by atoms with Crippen molar-refractivity contribution in [3.8, 4) is 0 Å². The molecule has 1 N–H and O–H groups in total. The number of alkyl halides is 9. The molecule has 3 aromatic rings. The Morgan fingerprint density at radius 2 is 1.60 bits per heavy atom. The van der Waals surface area contributed by atoms with E-state index in [1.165, 1.54) is 29.8 Å². The number of carboxylic acid groups (broad SMARTS) is 1. The molecule has 228 valence electrons. The van der Waals surface area contributed by atoms with Crippen molar-refractivity contribution in [2.24, 2.45) is 7.05 Å². The molecule has 1 unspecified atom stereocenters. The summed E-state index contributed by atoms with van der Waals surface area (Å²) in [5.74, 6) is -1.52. The number of hydrogen-bond acceptors (Lipinski definition) is 6. The van der Waals surface area contributed by atoms with E-state index < -0.39 is 65.9 Å². The molecule has 4 rings (SSSR count).